The molecular weight excluding hydrogens is 464 g/mol. The lowest BCUT2D eigenvalue weighted by atomic mass is 10.0. The van der Waals surface area contributed by atoms with E-state index in [4.69, 9.17) is 9.47 Å². The summed E-state index contributed by atoms with van der Waals surface area (Å²) in [5.74, 6) is 12.2. The minimum Gasteiger partial charge on any atom is -0.466 e. The zero-order valence-electron chi connectivity index (χ0n) is 21.5. The monoisotopic (exact) mass is 494 g/mol. The van der Waals surface area contributed by atoms with E-state index in [0.29, 0.717) is 13.2 Å². The minimum atomic E-state index is -0.261. The third-order valence-corrected chi connectivity index (χ3v) is 5.33. The van der Waals surface area contributed by atoms with E-state index in [9.17, 15) is 9.59 Å². The predicted molar refractivity (Wildman–Crippen MR) is 142 cm³/mol. The highest BCUT2D eigenvalue weighted by molar-refractivity contribution is 5.66. The summed E-state index contributed by atoms with van der Waals surface area (Å²) in [6.45, 7) is 5.65. The number of ether oxygens (including phenoxy) is 2. The first kappa shape index (κ1) is 27.2. The van der Waals surface area contributed by atoms with Crippen LogP contribution < -0.4 is 0 Å². The van der Waals surface area contributed by atoms with Crippen LogP contribution in [-0.4, -0.2) is 35.1 Å². The van der Waals surface area contributed by atoms with E-state index in [1.807, 2.05) is 49.4 Å². The molecule has 0 spiro atoms. The number of carbonyl (C=O) groups excluding carboxylic acids is 2. The van der Waals surface area contributed by atoms with Crippen LogP contribution in [0.25, 0.3) is 0 Å². The van der Waals surface area contributed by atoms with Crippen molar-refractivity contribution in [2.45, 2.75) is 46.5 Å². The second-order valence-electron chi connectivity index (χ2n) is 8.49. The normalized spacial score (nSPS) is 9.92. The van der Waals surface area contributed by atoms with Crippen LogP contribution in [0.15, 0.2) is 54.9 Å². The summed E-state index contributed by atoms with van der Waals surface area (Å²) in [4.78, 5) is 30.5. The summed E-state index contributed by atoms with van der Waals surface area (Å²) in [7, 11) is 0. The standard InChI is InChI=1S/C31H30N2O4/c1-23-20-26(8-9-27-12-16-30(32-21-27)6-4-18-36-24(2)34)10-14-29(23)15-11-28-13-17-31(33-22-28)7-5-19-37-25(3)35/h10,12-14,16-17,20-22H,4-7,18-19H2,1-3H3. The molecule has 0 saturated carbocycles. The van der Waals surface area contributed by atoms with E-state index in [1.54, 1.807) is 12.4 Å². The number of hydrogen-bond acceptors (Lipinski definition) is 6. The molecule has 0 aliphatic carbocycles. The number of aromatic nitrogens is 2. The van der Waals surface area contributed by atoms with Crippen molar-refractivity contribution in [2.75, 3.05) is 13.2 Å². The minimum absolute atomic E-state index is 0.261. The van der Waals surface area contributed by atoms with E-state index >= 15 is 0 Å². The first-order valence-corrected chi connectivity index (χ1v) is 12.2. The summed E-state index contributed by atoms with van der Waals surface area (Å²) in [6.07, 6.45) is 6.52. The molecule has 0 aliphatic heterocycles. The molecule has 0 saturated heterocycles. The number of rotatable bonds is 8. The van der Waals surface area contributed by atoms with Gasteiger partial charge in [-0.1, -0.05) is 23.7 Å². The second-order valence-corrected chi connectivity index (χ2v) is 8.49. The Kier molecular flexibility index (Phi) is 10.4. The molecule has 0 bridgehead atoms. The Balaban J connectivity index is 1.54. The van der Waals surface area contributed by atoms with E-state index in [1.165, 1.54) is 13.8 Å². The molecule has 6 nitrogen and oxygen atoms in total. The lowest BCUT2D eigenvalue weighted by Gasteiger charge is -2.02. The van der Waals surface area contributed by atoms with Gasteiger partial charge < -0.3 is 9.47 Å². The number of nitrogens with zero attached hydrogens (tertiary/aromatic N) is 2. The van der Waals surface area contributed by atoms with Crippen LogP contribution in [0.2, 0.25) is 0 Å². The second kappa shape index (κ2) is 14.2. The summed E-state index contributed by atoms with van der Waals surface area (Å²) >= 11 is 0. The van der Waals surface area contributed by atoms with Gasteiger partial charge in [-0.3, -0.25) is 19.6 Å². The van der Waals surface area contributed by atoms with Gasteiger partial charge in [-0.05, 0) is 80.6 Å². The Bertz CT molecular complexity index is 1340. The number of hydrogen-bond donors (Lipinski definition) is 0. The van der Waals surface area contributed by atoms with Crippen LogP contribution in [0.5, 0.6) is 0 Å². The number of aryl methyl sites for hydroxylation is 3. The van der Waals surface area contributed by atoms with Gasteiger partial charge >= 0.3 is 11.9 Å². The Morgan fingerprint density at radius 3 is 1.65 bits per heavy atom. The van der Waals surface area contributed by atoms with Crippen LogP contribution in [0.1, 0.15) is 65.9 Å². The van der Waals surface area contributed by atoms with Gasteiger partial charge in [-0.2, -0.15) is 0 Å². The Morgan fingerprint density at radius 2 is 1.19 bits per heavy atom. The van der Waals surface area contributed by atoms with Gasteiger partial charge in [0, 0.05) is 59.9 Å². The molecule has 2 heterocycles. The van der Waals surface area contributed by atoms with Crippen molar-refractivity contribution in [1.82, 2.24) is 9.97 Å². The first-order valence-electron chi connectivity index (χ1n) is 12.2. The van der Waals surface area contributed by atoms with Crippen molar-refractivity contribution in [1.29, 1.82) is 0 Å². The van der Waals surface area contributed by atoms with Gasteiger partial charge in [-0.15, -0.1) is 0 Å². The van der Waals surface area contributed by atoms with E-state index in [2.05, 4.69) is 33.6 Å². The fourth-order valence-corrected chi connectivity index (χ4v) is 3.40. The molecule has 188 valence electrons. The van der Waals surface area contributed by atoms with Gasteiger partial charge in [0.15, 0.2) is 0 Å². The largest absolute Gasteiger partial charge is 0.466 e. The van der Waals surface area contributed by atoms with Crippen molar-refractivity contribution in [2.24, 2.45) is 0 Å². The van der Waals surface area contributed by atoms with E-state index in [0.717, 1.165) is 64.9 Å². The molecule has 0 atom stereocenters. The predicted octanol–water partition coefficient (Wildman–Crippen LogP) is 4.58. The number of carbonyl (C=O) groups is 2. The zero-order valence-corrected chi connectivity index (χ0v) is 21.5. The van der Waals surface area contributed by atoms with Gasteiger partial charge in [0.1, 0.15) is 0 Å². The van der Waals surface area contributed by atoms with Gasteiger partial charge in [0.25, 0.3) is 0 Å². The molecular formula is C31H30N2O4. The molecule has 6 heteroatoms. The molecule has 37 heavy (non-hydrogen) atoms. The molecule has 2 aromatic heterocycles. The van der Waals surface area contributed by atoms with Crippen molar-refractivity contribution >= 4 is 11.9 Å². The van der Waals surface area contributed by atoms with E-state index < -0.39 is 0 Å². The number of esters is 2. The molecule has 0 amide bonds. The van der Waals surface area contributed by atoms with Crippen LogP contribution in [0.4, 0.5) is 0 Å². The quantitative estimate of drug-likeness (QED) is 0.259. The van der Waals surface area contributed by atoms with Crippen LogP contribution in [-0.2, 0) is 31.9 Å². The summed E-state index contributed by atoms with van der Waals surface area (Å²) < 4.78 is 9.89. The van der Waals surface area contributed by atoms with Crippen LogP contribution in [0.3, 0.4) is 0 Å². The maximum absolute atomic E-state index is 10.8. The molecule has 3 rings (SSSR count). The Hall–Kier alpha value is -4.42. The van der Waals surface area contributed by atoms with Crippen LogP contribution in [0, 0.1) is 30.6 Å². The highest BCUT2D eigenvalue weighted by Gasteiger charge is 2.00. The topological polar surface area (TPSA) is 78.4 Å². The van der Waals surface area contributed by atoms with Gasteiger partial charge in [0.05, 0.1) is 13.2 Å². The molecule has 0 radical (unpaired) electrons. The summed E-state index contributed by atoms with van der Waals surface area (Å²) in [5.41, 5.74) is 6.48. The zero-order chi connectivity index (χ0) is 26.5. The van der Waals surface area contributed by atoms with Crippen LogP contribution >= 0.6 is 0 Å². The molecule has 0 N–H and O–H groups in total. The SMILES string of the molecule is CC(=O)OCCCc1ccc(C#Cc2ccc(C#Cc3ccc(CCCOC(C)=O)nc3)c(C)c2)cn1. The lowest BCUT2D eigenvalue weighted by molar-refractivity contribution is -0.142. The summed E-state index contributed by atoms with van der Waals surface area (Å²) in [5, 5.41) is 0. The average Bonchev–Trinajstić information content (AvgIpc) is 2.88. The Labute approximate surface area is 218 Å². The smallest absolute Gasteiger partial charge is 0.302 e. The van der Waals surface area contributed by atoms with Crippen molar-refractivity contribution in [3.05, 3.63) is 94.1 Å². The third-order valence-electron chi connectivity index (χ3n) is 5.33. The maximum atomic E-state index is 10.8. The Morgan fingerprint density at radius 1 is 0.703 bits per heavy atom. The average molecular weight is 495 g/mol. The lowest BCUT2D eigenvalue weighted by Crippen LogP contribution is -2.02. The fourth-order valence-electron chi connectivity index (χ4n) is 3.40. The van der Waals surface area contributed by atoms with E-state index in [-0.39, 0.29) is 11.9 Å². The maximum Gasteiger partial charge on any atom is 0.302 e. The molecule has 0 fully saturated rings. The van der Waals surface area contributed by atoms with Crippen molar-refractivity contribution in [3.8, 4) is 23.7 Å². The fraction of sp³-hybridized carbons (Fsp3) is 0.290. The molecule has 0 aliphatic rings. The van der Waals surface area contributed by atoms with Gasteiger partial charge in [0.2, 0.25) is 0 Å². The number of benzene rings is 1. The molecule has 1 aromatic carbocycles. The molecule has 0 unspecified atom stereocenters. The van der Waals surface area contributed by atoms with Crippen molar-refractivity contribution in [3.63, 3.8) is 0 Å². The number of pyridine rings is 2. The summed E-state index contributed by atoms with van der Waals surface area (Å²) in [6, 6.07) is 13.8. The first-order chi connectivity index (χ1) is 17.9. The molecule has 3 aromatic rings. The van der Waals surface area contributed by atoms with Gasteiger partial charge in [-0.25, -0.2) is 0 Å². The highest BCUT2D eigenvalue weighted by atomic mass is 16.5. The van der Waals surface area contributed by atoms with Crippen molar-refractivity contribution < 1.29 is 19.1 Å². The highest BCUT2D eigenvalue weighted by Crippen LogP contribution is 2.11. The third kappa shape index (κ3) is 9.99.